The maximum atomic E-state index is 5.75. The van der Waals surface area contributed by atoms with Gasteiger partial charge in [-0.3, -0.25) is 4.90 Å². The number of piperazine rings is 1. The van der Waals surface area contributed by atoms with Gasteiger partial charge in [-0.1, -0.05) is 0 Å². The van der Waals surface area contributed by atoms with Gasteiger partial charge in [0.2, 0.25) is 0 Å². The van der Waals surface area contributed by atoms with E-state index in [9.17, 15) is 0 Å². The van der Waals surface area contributed by atoms with Gasteiger partial charge in [0.05, 0.1) is 11.9 Å². The zero-order valence-corrected chi connectivity index (χ0v) is 9.76. The fourth-order valence-electron chi connectivity index (χ4n) is 2.26. The maximum absolute atomic E-state index is 5.75. The number of pyridine rings is 1. The Hall–Kier alpha value is -1.59. The Bertz CT molecular complexity index is 513. The van der Waals surface area contributed by atoms with Crippen LogP contribution in [0.15, 0.2) is 24.5 Å². The first-order valence-corrected chi connectivity index (χ1v) is 5.97. The average molecular weight is 231 g/mol. The molecule has 5 nitrogen and oxygen atoms in total. The molecule has 0 spiro atoms. The SMILES string of the molecule is Nc1ccn2c(CN3CCNCC3)cnc2c1. The highest BCUT2D eigenvalue weighted by atomic mass is 15.2. The van der Waals surface area contributed by atoms with Crippen molar-refractivity contribution in [3.8, 4) is 0 Å². The highest BCUT2D eigenvalue weighted by Crippen LogP contribution is 2.12. The summed E-state index contributed by atoms with van der Waals surface area (Å²) in [6, 6.07) is 3.82. The number of hydrogen-bond donors (Lipinski definition) is 2. The monoisotopic (exact) mass is 231 g/mol. The van der Waals surface area contributed by atoms with Crippen LogP contribution in [0.25, 0.3) is 5.65 Å². The number of nitrogens with two attached hydrogens (primary N) is 1. The lowest BCUT2D eigenvalue weighted by atomic mass is 10.3. The molecule has 3 rings (SSSR count). The predicted octanol–water partition coefficient (Wildman–Crippen LogP) is 0.322. The van der Waals surface area contributed by atoms with E-state index in [1.165, 1.54) is 5.69 Å². The number of hydrogen-bond acceptors (Lipinski definition) is 4. The van der Waals surface area contributed by atoms with E-state index in [0.29, 0.717) is 0 Å². The number of aromatic nitrogens is 2. The third-order valence-electron chi connectivity index (χ3n) is 3.21. The second kappa shape index (κ2) is 4.35. The molecule has 0 amide bonds. The van der Waals surface area contributed by atoms with Crippen molar-refractivity contribution in [2.24, 2.45) is 0 Å². The van der Waals surface area contributed by atoms with Crippen molar-refractivity contribution >= 4 is 11.3 Å². The van der Waals surface area contributed by atoms with Crippen LogP contribution in [0, 0.1) is 0 Å². The van der Waals surface area contributed by atoms with Gasteiger partial charge in [0.1, 0.15) is 5.65 Å². The fraction of sp³-hybridized carbons (Fsp3) is 0.417. The summed E-state index contributed by atoms with van der Waals surface area (Å²) in [4.78, 5) is 6.83. The van der Waals surface area contributed by atoms with Crippen LogP contribution in [0.5, 0.6) is 0 Å². The molecule has 0 aliphatic carbocycles. The van der Waals surface area contributed by atoms with Gasteiger partial charge >= 0.3 is 0 Å². The van der Waals surface area contributed by atoms with Crippen molar-refractivity contribution in [2.45, 2.75) is 6.54 Å². The van der Waals surface area contributed by atoms with Gasteiger partial charge in [-0.2, -0.15) is 0 Å². The molecule has 1 aliphatic heterocycles. The van der Waals surface area contributed by atoms with Crippen LogP contribution in [0.3, 0.4) is 0 Å². The molecule has 2 aromatic rings. The lowest BCUT2D eigenvalue weighted by molar-refractivity contribution is 0.230. The number of anilines is 1. The Kier molecular flexibility index (Phi) is 2.70. The molecule has 0 bridgehead atoms. The molecule has 0 atom stereocenters. The first-order chi connectivity index (χ1) is 8.33. The van der Waals surface area contributed by atoms with E-state index >= 15 is 0 Å². The molecule has 0 saturated carbocycles. The molecule has 3 N–H and O–H groups in total. The average Bonchev–Trinajstić information content (AvgIpc) is 2.73. The van der Waals surface area contributed by atoms with Gasteiger partial charge in [0, 0.05) is 50.7 Å². The van der Waals surface area contributed by atoms with Gasteiger partial charge in [0.25, 0.3) is 0 Å². The number of nitrogen functional groups attached to an aromatic ring is 1. The van der Waals surface area contributed by atoms with Crippen molar-refractivity contribution in [2.75, 3.05) is 31.9 Å². The standard InChI is InChI=1S/C12H17N5/c13-10-1-4-17-11(8-15-12(17)7-10)9-16-5-2-14-3-6-16/h1,4,7-8,14H,2-3,5-6,9,13H2. The van der Waals surface area contributed by atoms with Gasteiger partial charge in [-0.05, 0) is 6.07 Å². The van der Waals surface area contributed by atoms with E-state index in [-0.39, 0.29) is 0 Å². The quantitative estimate of drug-likeness (QED) is 0.781. The van der Waals surface area contributed by atoms with Crippen LogP contribution in [0.2, 0.25) is 0 Å². The van der Waals surface area contributed by atoms with E-state index in [0.717, 1.165) is 44.1 Å². The number of imidazole rings is 1. The van der Waals surface area contributed by atoms with Crippen LogP contribution in [0.1, 0.15) is 5.69 Å². The Morgan fingerprint density at radius 2 is 2.18 bits per heavy atom. The van der Waals surface area contributed by atoms with Gasteiger partial charge < -0.3 is 15.5 Å². The molecule has 90 valence electrons. The number of nitrogens with one attached hydrogen (secondary N) is 1. The van der Waals surface area contributed by atoms with Crippen molar-refractivity contribution in [1.82, 2.24) is 19.6 Å². The highest BCUT2D eigenvalue weighted by Gasteiger charge is 2.12. The normalized spacial score (nSPS) is 17.6. The second-order valence-electron chi connectivity index (χ2n) is 4.46. The zero-order chi connectivity index (χ0) is 11.7. The Balaban J connectivity index is 1.84. The van der Waals surface area contributed by atoms with Crippen molar-refractivity contribution in [3.63, 3.8) is 0 Å². The molecule has 0 radical (unpaired) electrons. The second-order valence-corrected chi connectivity index (χ2v) is 4.46. The number of rotatable bonds is 2. The number of fused-ring (bicyclic) bond motifs is 1. The highest BCUT2D eigenvalue weighted by molar-refractivity contribution is 5.52. The molecule has 1 saturated heterocycles. The lowest BCUT2D eigenvalue weighted by Gasteiger charge is -2.26. The molecule has 17 heavy (non-hydrogen) atoms. The van der Waals surface area contributed by atoms with E-state index in [1.807, 2.05) is 24.5 Å². The van der Waals surface area contributed by atoms with Crippen LogP contribution in [-0.4, -0.2) is 40.5 Å². The molecular formula is C12H17N5. The Morgan fingerprint density at radius 3 is 3.00 bits per heavy atom. The molecule has 0 aromatic carbocycles. The van der Waals surface area contributed by atoms with E-state index in [2.05, 4.69) is 19.6 Å². The summed E-state index contributed by atoms with van der Waals surface area (Å²) in [6.45, 7) is 5.30. The third-order valence-corrected chi connectivity index (χ3v) is 3.21. The molecule has 3 heterocycles. The van der Waals surface area contributed by atoms with E-state index in [1.54, 1.807) is 0 Å². The van der Waals surface area contributed by atoms with Crippen molar-refractivity contribution in [3.05, 3.63) is 30.2 Å². The maximum Gasteiger partial charge on any atom is 0.138 e. The third kappa shape index (κ3) is 2.11. The summed E-state index contributed by atoms with van der Waals surface area (Å²) < 4.78 is 2.11. The largest absolute Gasteiger partial charge is 0.399 e. The van der Waals surface area contributed by atoms with Gasteiger partial charge in [-0.15, -0.1) is 0 Å². The summed E-state index contributed by atoms with van der Waals surface area (Å²) in [5.74, 6) is 0. The van der Waals surface area contributed by atoms with Gasteiger partial charge in [0.15, 0.2) is 0 Å². The molecule has 1 fully saturated rings. The van der Waals surface area contributed by atoms with Crippen LogP contribution < -0.4 is 11.1 Å². The first kappa shape index (κ1) is 10.6. The Morgan fingerprint density at radius 1 is 1.35 bits per heavy atom. The van der Waals surface area contributed by atoms with Crippen LogP contribution >= 0.6 is 0 Å². The Labute approximate surface area is 100 Å². The van der Waals surface area contributed by atoms with Crippen LogP contribution in [-0.2, 0) is 6.54 Å². The summed E-state index contributed by atoms with van der Waals surface area (Å²) in [5, 5.41) is 3.36. The van der Waals surface area contributed by atoms with Crippen LogP contribution in [0.4, 0.5) is 5.69 Å². The smallest absolute Gasteiger partial charge is 0.138 e. The molecule has 0 unspecified atom stereocenters. The molecular weight excluding hydrogens is 214 g/mol. The minimum absolute atomic E-state index is 0.761. The van der Waals surface area contributed by atoms with E-state index in [4.69, 9.17) is 5.73 Å². The molecule has 1 aliphatic rings. The first-order valence-electron chi connectivity index (χ1n) is 5.97. The van der Waals surface area contributed by atoms with Crippen molar-refractivity contribution in [1.29, 1.82) is 0 Å². The molecule has 5 heteroatoms. The summed E-state index contributed by atoms with van der Waals surface area (Å²) >= 11 is 0. The minimum atomic E-state index is 0.761. The van der Waals surface area contributed by atoms with Crippen molar-refractivity contribution < 1.29 is 0 Å². The minimum Gasteiger partial charge on any atom is -0.399 e. The molecule has 2 aromatic heterocycles. The summed E-state index contributed by atoms with van der Waals surface area (Å²) in [7, 11) is 0. The number of nitrogens with zero attached hydrogens (tertiary/aromatic N) is 3. The van der Waals surface area contributed by atoms with Gasteiger partial charge in [-0.25, -0.2) is 4.98 Å². The summed E-state index contributed by atoms with van der Waals surface area (Å²) in [5.41, 5.74) is 8.66. The summed E-state index contributed by atoms with van der Waals surface area (Å²) in [6.07, 6.45) is 3.94. The predicted molar refractivity (Wildman–Crippen MR) is 67.8 cm³/mol. The lowest BCUT2D eigenvalue weighted by Crippen LogP contribution is -2.43. The zero-order valence-electron chi connectivity index (χ0n) is 9.76. The fourth-order valence-corrected chi connectivity index (χ4v) is 2.26. The van der Waals surface area contributed by atoms with E-state index < -0.39 is 0 Å². The topological polar surface area (TPSA) is 58.6 Å².